The minimum Gasteiger partial charge on any atom is -0.463 e. The Kier molecular flexibility index (Phi) is 7.95. The van der Waals surface area contributed by atoms with E-state index < -0.39 is 5.97 Å². The third-order valence-electron chi connectivity index (χ3n) is 1.79. The van der Waals surface area contributed by atoms with Crippen LogP contribution in [0.25, 0.3) is 0 Å². The van der Waals surface area contributed by atoms with Crippen LogP contribution in [-0.2, 0) is 19.0 Å². The molecule has 0 amide bonds. The molecule has 0 aromatic carbocycles. The third kappa shape index (κ3) is 6.25. The van der Waals surface area contributed by atoms with E-state index in [1.54, 1.807) is 14.0 Å². The van der Waals surface area contributed by atoms with Crippen molar-refractivity contribution in [3.05, 3.63) is 12.2 Å². The van der Waals surface area contributed by atoms with Crippen molar-refractivity contribution in [2.75, 3.05) is 20.3 Å². The van der Waals surface area contributed by atoms with Crippen LogP contribution in [0.2, 0.25) is 0 Å². The standard InChI is InChI=1S/C11H20O4/c1-5-7-10(13-4)15-8-9(3)11(12)14-6-2/h10H,3,5-8H2,1-2,4H3. The van der Waals surface area contributed by atoms with Crippen molar-refractivity contribution in [1.82, 2.24) is 0 Å². The monoisotopic (exact) mass is 216 g/mol. The van der Waals surface area contributed by atoms with Gasteiger partial charge in [0.2, 0.25) is 0 Å². The minimum atomic E-state index is -0.413. The van der Waals surface area contributed by atoms with Crippen LogP contribution in [0.4, 0.5) is 0 Å². The third-order valence-corrected chi connectivity index (χ3v) is 1.79. The fourth-order valence-electron chi connectivity index (χ4n) is 0.991. The molecule has 0 aromatic rings. The van der Waals surface area contributed by atoms with Crippen molar-refractivity contribution in [2.24, 2.45) is 0 Å². The predicted molar refractivity (Wildman–Crippen MR) is 57.4 cm³/mol. The lowest BCUT2D eigenvalue weighted by Crippen LogP contribution is -2.19. The first-order chi connectivity index (χ1) is 7.15. The molecule has 0 saturated carbocycles. The minimum absolute atomic E-state index is 0.150. The molecule has 0 rings (SSSR count). The van der Waals surface area contributed by atoms with Gasteiger partial charge in [-0.3, -0.25) is 0 Å². The van der Waals surface area contributed by atoms with Crippen LogP contribution in [0.1, 0.15) is 26.7 Å². The number of ether oxygens (including phenoxy) is 3. The first-order valence-corrected chi connectivity index (χ1v) is 5.14. The van der Waals surface area contributed by atoms with Crippen molar-refractivity contribution < 1.29 is 19.0 Å². The topological polar surface area (TPSA) is 44.8 Å². The van der Waals surface area contributed by atoms with E-state index in [0.29, 0.717) is 12.2 Å². The van der Waals surface area contributed by atoms with Gasteiger partial charge in [0.05, 0.1) is 18.8 Å². The second-order valence-electron chi connectivity index (χ2n) is 3.09. The Hall–Kier alpha value is -0.870. The normalized spacial score (nSPS) is 12.2. The van der Waals surface area contributed by atoms with Crippen LogP contribution in [-0.4, -0.2) is 32.6 Å². The molecule has 1 unspecified atom stereocenters. The molecule has 0 fully saturated rings. The van der Waals surface area contributed by atoms with E-state index in [0.717, 1.165) is 12.8 Å². The first kappa shape index (κ1) is 14.1. The van der Waals surface area contributed by atoms with Gasteiger partial charge in [-0.05, 0) is 13.3 Å². The molecular weight excluding hydrogens is 196 g/mol. The van der Waals surface area contributed by atoms with Crippen molar-refractivity contribution >= 4 is 5.97 Å². The molecule has 0 aliphatic heterocycles. The lowest BCUT2D eigenvalue weighted by atomic mass is 10.3. The van der Waals surface area contributed by atoms with E-state index in [9.17, 15) is 4.79 Å². The van der Waals surface area contributed by atoms with E-state index in [2.05, 4.69) is 6.58 Å². The molecule has 0 radical (unpaired) electrons. The number of esters is 1. The lowest BCUT2D eigenvalue weighted by Gasteiger charge is -2.15. The average molecular weight is 216 g/mol. The van der Waals surface area contributed by atoms with Gasteiger partial charge in [-0.2, -0.15) is 0 Å². The van der Waals surface area contributed by atoms with Crippen LogP contribution in [0.5, 0.6) is 0 Å². The van der Waals surface area contributed by atoms with E-state index in [1.165, 1.54) is 0 Å². The summed E-state index contributed by atoms with van der Waals surface area (Å²) < 4.78 is 15.2. The fraction of sp³-hybridized carbons (Fsp3) is 0.727. The zero-order valence-electron chi connectivity index (χ0n) is 9.75. The number of hydrogen-bond acceptors (Lipinski definition) is 4. The van der Waals surface area contributed by atoms with Gasteiger partial charge in [0, 0.05) is 7.11 Å². The molecule has 88 valence electrons. The van der Waals surface area contributed by atoms with Crippen molar-refractivity contribution in [1.29, 1.82) is 0 Å². The van der Waals surface area contributed by atoms with Crippen LogP contribution in [0, 0.1) is 0 Å². The molecule has 0 N–H and O–H groups in total. The van der Waals surface area contributed by atoms with Gasteiger partial charge < -0.3 is 14.2 Å². The van der Waals surface area contributed by atoms with Gasteiger partial charge in [-0.1, -0.05) is 19.9 Å². The summed E-state index contributed by atoms with van der Waals surface area (Å²) in [7, 11) is 1.58. The maximum Gasteiger partial charge on any atom is 0.335 e. The molecular formula is C11H20O4. The van der Waals surface area contributed by atoms with Crippen molar-refractivity contribution in [2.45, 2.75) is 33.0 Å². The highest BCUT2D eigenvalue weighted by atomic mass is 16.7. The molecule has 0 saturated heterocycles. The van der Waals surface area contributed by atoms with Gasteiger partial charge in [-0.15, -0.1) is 0 Å². The summed E-state index contributed by atoms with van der Waals surface area (Å²) >= 11 is 0. The lowest BCUT2D eigenvalue weighted by molar-refractivity contribution is -0.143. The van der Waals surface area contributed by atoms with Crippen LogP contribution >= 0.6 is 0 Å². The van der Waals surface area contributed by atoms with E-state index in [4.69, 9.17) is 14.2 Å². The summed E-state index contributed by atoms with van der Waals surface area (Å²) in [6.07, 6.45) is 1.48. The molecule has 0 spiro atoms. The second-order valence-corrected chi connectivity index (χ2v) is 3.09. The number of rotatable bonds is 8. The summed E-state index contributed by atoms with van der Waals surface area (Å²) in [5.74, 6) is -0.413. The Morgan fingerprint density at radius 3 is 2.53 bits per heavy atom. The SMILES string of the molecule is C=C(COC(CCC)OC)C(=O)OCC. The van der Waals surface area contributed by atoms with Crippen LogP contribution in [0.15, 0.2) is 12.2 Å². The Morgan fingerprint density at radius 1 is 1.40 bits per heavy atom. The molecule has 0 bridgehead atoms. The van der Waals surface area contributed by atoms with Gasteiger partial charge in [0.25, 0.3) is 0 Å². The quantitative estimate of drug-likeness (QED) is 0.353. The van der Waals surface area contributed by atoms with Gasteiger partial charge in [0.15, 0.2) is 6.29 Å². The number of carbonyl (C=O) groups is 1. The second kappa shape index (κ2) is 8.44. The van der Waals surface area contributed by atoms with Gasteiger partial charge >= 0.3 is 5.97 Å². The smallest absolute Gasteiger partial charge is 0.335 e. The Labute approximate surface area is 91.2 Å². The van der Waals surface area contributed by atoms with E-state index in [-0.39, 0.29) is 12.9 Å². The van der Waals surface area contributed by atoms with Crippen LogP contribution < -0.4 is 0 Å². The maximum absolute atomic E-state index is 11.2. The molecule has 0 aliphatic carbocycles. The zero-order valence-corrected chi connectivity index (χ0v) is 9.75. The van der Waals surface area contributed by atoms with Crippen LogP contribution in [0.3, 0.4) is 0 Å². The molecule has 0 aromatic heterocycles. The number of carbonyl (C=O) groups excluding carboxylic acids is 1. The number of hydrogen-bond donors (Lipinski definition) is 0. The highest BCUT2D eigenvalue weighted by molar-refractivity contribution is 5.87. The zero-order chi connectivity index (χ0) is 11.7. The fourth-order valence-corrected chi connectivity index (χ4v) is 0.991. The highest BCUT2D eigenvalue weighted by Crippen LogP contribution is 2.05. The molecule has 1 atom stereocenters. The first-order valence-electron chi connectivity index (χ1n) is 5.14. The Balaban J connectivity index is 3.81. The average Bonchev–Trinajstić information content (AvgIpc) is 2.24. The van der Waals surface area contributed by atoms with Crippen molar-refractivity contribution in [3.63, 3.8) is 0 Å². The molecule has 4 heteroatoms. The summed E-state index contributed by atoms with van der Waals surface area (Å²) in [5.41, 5.74) is 0.315. The van der Waals surface area contributed by atoms with E-state index >= 15 is 0 Å². The summed E-state index contributed by atoms with van der Waals surface area (Å²) in [4.78, 5) is 11.2. The summed E-state index contributed by atoms with van der Waals surface area (Å²) in [6, 6.07) is 0. The summed E-state index contributed by atoms with van der Waals surface area (Å²) in [5, 5.41) is 0. The maximum atomic E-state index is 11.2. The predicted octanol–water partition coefficient (Wildman–Crippen LogP) is 1.89. The highest BCUT2D eigenvalue weighted by Gasteiger charge is 2.11. The largest absolute Gasteiger partial charge is 0.463 e. The molecule has 0 heterocycles. The molecule has 0 aliphatic rings. The number of methoxy groups -OCH3 is 1. The summed E-state index contributed by atoms with van der Waals surface area (Å²) in [6.45, 7) is 7.87. The Morgan fingerprint density at radius 2 is 2.07 bits per heavy atom. The molecule has 15 heavy (non-hydrogen) atoms. The van der Waals surface area contributed by atoms with Crippen molar-refractivity contribution in [3.8, 4) is 0 Å². The van der Waals surface area contributed by atoms with Gasteiger partial charge in [0.1, 0.15) is 0 Å². The molecule has 4 nitrogen and oxygen atoms in total. The Bertz CT molecular complexity index is 201. The van der Waals surface area contributed by atoms with Gasteiger partial charge in [-0.25, -0.2) is 4.79 Å². The van der Waals surface area contributed by atoms with E-state index in [1.807, 2.05) is 6.92 Å².